The average Bonchev–Trinajstić information content (AvgIpc) is 2.90. The van der Waals surface area contributed by atoms with E-state index in [1.807, 2.05) is 24.4 Å². The molecule has 0 radical (unpaired) electrons. The monoisotopic (exact) mass is 244 g/mol. The lowest BCUT2D eigenvalue weighted by Crippen LogP contribution is -2.23. The van der Waals surface area contributed by atoms with Gasteiger partial charge in [-0.1, -0.05) is 0 Å². The largest absolute Gasteiger partial charge is 0.497 e. The van der Waals surface area contributed by atoms with E-state index in [9.17, 15) is 0 Å². The van der Waals surface area contributed by atoms with Crippen molar-refractivity contribution in [2.24, 2.45) is 0 Å². The molecule has 0 aliphatic carbocycles. The third-order valence-corrected chi connectivity index (χ3v) is 3.18. The Labute approximate surface area is 106 Å². The van der Waals surface area contributed by atoms with Gasteiger partial charge in [0, 0.05) is 30.2 Å². The standard InChI is InChI=1S/C13H16N4O/c1-18-11-3-2-9-7-15-13(17-12(9)6-11)16-10-4-5-14-8-10/h2-3,6-7,10,14H,4-5,8H2,1H3,(H,15,16,17). The maximum atomic E-state index is 5.20. The van der Waals surface area contributed by atoms with Crippen molar-refractivity contribution in [3.8, 4) is 5.75 Å². The van der Waals surface area contributed by atoms with Crippen molar-refractivity contribution in [3.05, 3.63) is 24.4 Å². The minimum Gasteiger partial charge on any atom is -0.497 e. The van der Waals surface area contributed by atoms with E-state index in [0.717, 1.165) is 36.2 Å². The van der Waals surface area contributed by atoms with Gasteiger partial charge in [0.25, 0.3) is 0 Å². The first-order valence-corrected chi connectivity index (χ1v) is 6.13. The van der Waals surface area contributed by atoms with E-state index in [-0.39, 0.29) is 0 Å². The van der Waals surface area contributed by atoms with Crippen LogP contribution in [0.3, 0.4) is 0 Å². The number of ether oxygens (including phenoxy) is 1. The molecule has 5 heteroatoms. The Kier molecular flexibility index (Phi) is 2.98. The predicted molar refractivity (Wildman–Crippen MR) is 71.0 cm³/mol. The number of benzene rings is 1. The van der Waals surface area contributed by atoms with Crippen molar-refractivity contribution < 1.29 is 4.74 Å². The van der Waals surface area contributed by atoms with E-state index in [2.05, 4.69) is 20.6 Å². The van der Waals surface area contributed by atoms with Crippen LogP contribution in [-0.4, -0.2) is 36.2 Å². The van der Waals surface area contributed by atoms with Crippen LogP contribution in [0.25, 0.3) is 10.9 Å². The van der Waals surface area contributed by atoms with E-state index in [4.69, 9.17) is 4.74 Å². The van der Waals surface area contributed by atoms with E-state index in [0.29, 0.717) is 12.0 Å². The normalized spacial score (nSPS) is 19.1. The summed E-state index contributed by atoms with van der Waals surface area (Å²) in [6.45, 7) is 2.03. The maximum absolute atomic E-state index is 5.20. The lowest BCUT2D eigenvalue weighted by atomic mass is 10.2. The molecule has 1 atom stereocenters. The van der Waals surface area contributed by atoms with Crippen LogP contribution in [0.15, 0.2) is 24.4 Å². The van der Waals surface area contributed by atoms with Crippen molar-refractivity contribution in [2.45, 2.75) is 12.5 Å². The van der Waals surface area contributed by atoms with E-state index in [1.165, 1.54) is 0 Å². The zero-order valence-corrected chi connectivity index (χ0v) is 10.3. The molecule has 94 valence electrons. The Bertz CT molecular complexity index is 552. The Morgan fingerprint density at radius 3 is 3.17 bits per heavy atom. The first-order chi connectivity index (χ1) is 8.85. The summed E-state index contributed by atoms with van der Waals surface area (Å²) in [5.74, 6) is 1.50. The Morgan fingerprint density at radius 1 is 1.44 bits per heavy atom. The highest BCUT2D eigenvalue weighted by Crippen LogP contribution is 2.19. The first-order valence-electron chi connectivity index (χ1n) is 6.13. The fourth-order valence-electron chi connectivity index (χ4n) is 2.16. The van der Waals surface area contributed by atoms with Gasteiger partial charge in [0.05, 0.1) is 12.6 Å². The summed E-state index contributed by atoms with van der Waals surface area (Å²) in [7, 11) is 1.66. The predicted octanol–water partition coefficient (Wildman–Crippen LogP) is 1.41. The number of nitrogens with one attached hydrogen (secondary N) is 2. The van der Waals surface area contributed by atoms with Gasteiger partial charge in [-0.15, -0.1) is 0 Å². The Balaban J connectivity index is 1.88. The zero-order valence-electron chi connectivity index (χ0n) is 10.3. The molecule has 5 nitrogen and oxygen atoms in total. The lowest BCUT2D eigenvalue weighted by Gasteiger charge is -2.11. The number of fused-ring (bicyclic) bond motifs is 1. The van der Waals surface area contributed by atoms with Crippen molar-refractivity contribution in [3.63, 3.8) is 0 Å². The first kappa shape index (κ1) is 11.2. The molecule has 0 spiro atoms. The molecule has 0 bridgehead atoms. The topological polar surface area (TPSA) is 59.1 Å². The third-order valence-electron chi connectivity index (χ3n) is 3.18. The number of aromatic nitrogens is 2. The van der Waals surface area contributed by atoms with Crippen molar-refractivity contribution in [2.75, 3.05) is 25.5 Å². The maximum Gasteiger partial charge on any atom is 0.223 e. The van der Waals surface area contributed by atoms with Crippen LogP contribution in [0, 0.1) is 0 Å². The Hall–Kier alpha value is -1.88. The molecule has 1 fully saturated rings. The highest BCUT2D eigenvalue weighted by atomic mass is 16.5. The molecule has 2 heterocycles. The number of nitrogens with zero attached hydrogens (tertiary/aromatic N) is 2. The van der Waals surface area contributed by atoms with Gasteiger partial charge in [0.1, 0.15) is 5.75 Å². The van der Waals surface area contributed by atoms with Crippen LogP contribution in [0.2, 0.25) is 0 Å². The smallest absolute Gasteiger partial charge is 0.223 e. The fourth-order valence-corrected chi connectivity index (χ4v) is 2.16. The van der Waals surface area contributed by atoms with Gasteiger partial charge in [0.15, 0.2) is 0 Å². The van der Waals surface area contributed by atoms with Gasteiger partial charge in [0.2, 0.25) is 5.95 Å². The molecule has 1 aliphatic rings. The van der Waals surface area contributed by atoms with Crippen LogP contribution < -0.4 is 15.4 Å². The number of rotatable bonds is 3. The molecule has 1 unspecified atom stereocenters. The molecule has 1 saturated heterocycles. The highest BCUT2D eigenvalue weighted by molar-refractivity contribution is 5.80. The van der Waals surface area contributed by atoms with Gasteiger partial charge < -0.3 is 15.4 Å². The van der Waals surface area contributed by atoms with Gasteiger partial charge in [-0.05, 0) is 25.1 Å². The van der Waals surface area contributed by atoms with Crippen LogP contribution in [0.1, 0.15) is 6.42 Å². The number of hydrogen-bond donors (Lipinski definition) is 2. The van der Waals surface area contributed by atoms with E-state index >= 15 is 0 Å². The molecule has 1 aromatic carbocycles. The molecule has 3 rings (SSSR count). The second kappa shape index (κ2) is 4.78. The van der Waals surface area contributed by atoms with E-state index < -0.39 is 0 Å². The molecule has 0 saturated carbocycles. The van der Waals surface area contributed by atoms with E-state index in [1.54, 1.807) is 7.11 Å². The zero-order chi connectivity index (χ0) is 12.4. The van der Waals surface area contributed by atoms with Crippen molar-refractivity contribution in [1.82, 2.24) is 15.3 Å². The molecule has 1 aliphatic heterocycles. The number of hydrogen-bond acceptors (Lipinski definition) is 5. The third kappa shape index (κ3) is 2.22. The highest BCUT2D eigenvalue weighted by Gasteiger charge is 2.14. The van der Waals surface area contributed by atoms with Gasteiger partial charge in [-0.25, -0.2) is 9.97 Å². The van der Waals surface area contributed by atoms with Gasteiger partial charge in [-0.3, -0.25) is 0 Å². The minimum atomic E-state index is 0.424. The molecular weight excluding hydrogens is 228 g/mol. The molecule has 0 amide bonds. The summed E-state index contributed by atoms with van der Waals surface area (Å²) in [6.07, 6.45) is 2.95. The van der Waals surface area contributed by atoms with Crippen LogP contribution in [-0.2, 0) is 0 Å². The van der Waals surface area contributed by atoms with Gasteiger partial charge >= 0.3 is 0 Å². The van der Waals surface area contributed by atoms with Crippen LogP contribution in [0.4, 0.5) is 5.95 Å². The molecule has 2 aromatic rings. The average molecular weight is 244 g/mol. The van der Waals surface area contributed by atoms with Crippen molar-refractivity contribution in [1.29, 1.82) is 0 Å². The summed E-state index contributed by atoms with van der Waals surface area (Å²) >= 11 is 0. The quantitative estimate of drug-likeness (QED) is 0.855. The summed E-state index contributed by atoms with van der Waals surface area (Å²) < 4.78 is 5.20. The number of methoxy groups -OCH3 is 1. The summed E-state index contributed by atoms with van der Waals surface area (Å²) in [6, 6.07) is 6.23. The van der Waals surface area contributed by atoms with Gasteiger partial charge in [-0.2, -0.15) is 0 Å². The van der Waals surface area contributed by atoms with Crippen LogP contribution in [0.5, 0.6) is 5.75 Å². The number of anilines is 1. The minimum absolute atomic E-state index is 0.424. The second-order valence-corrected chi connectivity index (χ2v) is 4.45. The summed E-state index contributed by atoms with van der Waals surface area (Å²) in [4.78, 5) is 8.85. The molecular formula is C13H16N4O. The summed E-state index contributed by atoms with van der Waals surface area (Å²) in [5, 5.41) is 7.67. The second-order valence-electron chi connectivity index (χ2n) is 4.45. The fraction of sp³-hybridized carbons (Fsp3) is 0.385. The molecule has 2 N–H and O–H groups in total. The molecule has 1 aromatic heterocycles. The lowest BCUT2D eigenvalue weighted by molar-refractivity contribution is 0.415. The molecule has 18 heavy (non-hydrogen) atoms. The SMILES string of the molecule is COc1ccc2cnc(NC3CCNC3)nc2c1. The Morgan fingerprint density at radius 2 is 2.39 bits per heavy atom. The van der Waals surface area contributed by atoms with Crippen molar-refractivity contribution >= 4 is 16.9 Å². The van der Waals surface area contributed by atoms with Crippen LogP contribution >= 0.6 is 0 Å². The summed E-state index contributed by atoms with van der Waals surface area (Å²) in [5.41, 5.74) is 0.901.